The molecule has 1 saturated heterocycles. The number of rotatable bonds is 7. The Balaban J connectivity index is 1.57. The fourth-order valence-corrected chi connectivity index (χ4v) is 3.19. The SMILES string of the molecule is O=C(NCC(=O)N1C[C@@](F)(CF)C[C@H]1C(=O)O)c1ccc(Oc2ccc(F)cc2)cc1. The molecule has 31 heavy (non-hydrogen) atoms. The third-order valence-electron chi connectivity index (χ3n) is 4.80. The number of amides is 2. The van der Waals surface area contributed by atoms with E-state index >= 15 is 0 Å². The van der Waals surface area contributed by atoms with Crippen LogP contribution in [0.5, 0.6) is 11.5 Å². The zero-order valence-electron chi connectivity index (χ0n) is 16.2. The molecule has 10 heteroatoms. The minimum Gasteiger partial charge on any atom is -0.480 e. The lowest BCUT2D eigenvalue weighted by molar-refractivity contribution is -0.147. The van der Waals surface area contributed by atoms with Crippen molar-refractivity contribution in [1.29, 1.82) is 0 Å². The first-order valence-electron chi connectivity index (χ1n) is 9.29. The van der Waals surface area contributed by atoms with E-state index < -0.39 is 61.5 Å². The summed E-state index contributed by atoms with van der Waals surface area (Å²) in [4.78, 5) is 36.5. The minimum atomic E-state index is -2.41. The van der Waals surface area contributed by atoms with E-state index in [1.807, 2.05) is 0 Å². The van der Waals surface area contributed by atoms with Gasteiger partial charge in [0, 0.05) is 12.0 Å². The van der Waals surface area contributed by atoms with Gasteiger partial charge < -0.3 is 20.1 Å². The van der Waals surface area contributed by atoms with Gasteiger partial charge in [-0.25, -0.2) is 18.0 Å². The topological polar surface area (TPSA) is 95.9 Å². The minimum absolute atomic E-state index is 0.194. The van der Waals surface area contributed by atoms with Gasteiger partial charge in [0.2, 0.25) is 5.91 Å². The van der Waals surface area contributed by atoms with Crippen LogP contribution in [0.4, 0.5) is 13.2 Å². The molecule has 2 atom stereocenters. The number of benzene rings is 2. The van der Waals surface area contributed by atoms with Gasteiger partial charge in [-0.15, -0.1) is 0 Å². The average Bonchev–Trinajstić information content (AvgIpc) is 3.13. The normalized spacial score (nSPS) is 20.4. The fraction of sp³-hybridized carbons (Fsp3) is 0.286. The Morgan fingerprint density at radius 3 is 2.23 bits per heavy atom. The van der Waals surface area contributed by atoms with Crippen LogP contribution < -0.4 is 10.1 Å². The van der Waals surface area contributed by atoms with Crippen molar-refractivity contribution in [3.05, 3.63) is 59.9 Å². The summed E-state index contributed by atoms with van der Waals surface area (Å²) in [5, 5.41) is 11.5. The Labute approximate surface area is 175 Å². The maximum atomic E-state index is 14.2. The quantitative estimate of drug-likeness (QED) is 0.696. The summed E-state index contributed by atoms with van der Waals surface area (Å²) in [5.74, 6) is -2.50. The summed E-state index contributed by atoms with van der Waals surface area (Å²) in [6, 6.07) is 9.74. The number of halogens is 3. The molecule has 0 saturated carbocycles. The van der Waals surface area contributed by atoms with Crippen molar-refractivity contribution in [2.45, 2.75) is 18.1 Å². The van der Waals surface area contributed by atoms with E-state index in [1.165, 1.54) is 48.5 Å². The molecule has 0 spiro atoms. The monoisotopic (exact) mass is 436 g/mol. The largest absolute Gasteiger partial charge is 0.480 e. The molecule has 7 nitrogen and oxygen atoms in total. The first-order valence-corrected chi connectivity index (χ1v) is 9.29. The smallest absolute Gasteiger partial charge is 0.326 e. The molecule has 1 fully saturated rings. The Hall–Kier alpha value is -3.56. The number of hydrogen-bond acceptors (Lipinski definition) is 4. The summed E-state index contributed by atoms with van der Waals surface area (Å²) in [5.41, 5.74) is -2.22. The molecular formula is C21H19F3N2O5. The maximum absolute atomic E-state index is 14.2. The van der Waals surface area contributed by atoms with Crippen LogP contribution in [-0.4, -0.2) is 59.3 Å². The first-order chi connectivity index (χ1) is 14.7. The molecule has 0 aliphatic carbocycles. The molecule has 1 aliphatic heterocycles. The number of ether oxygens (including phenoxy) is 1. The lowest BCUT2D eigenvalue weighted by Gasteiger charge is -2.21. The molecule has 0 radical (unpaired) electrons. The van der Waals surface area contributed by atoms with E-state index in [0.717, 1.165) is 4.90 Å². The molecule has 2 amide bonds. The van der Waals surface area contributed by atoms with Crippen molar-refractivity contribution in [2.75, 3.05) is 19.8 Å². The number of hydrogen-bond donors (Lipinski definition) is 2. The third-order valence-corrected chi connectivity index (χ3v) is 4.80. The number of likely N-dealkylation sites (tertiary alicyclic amines) is 1. The van der Waals surface area contributed by atoms with Gasteiger partial charge in [0.15, 0.2) is 5.67 Å². The van der Waals surface area contributed by atoms with Gasteiger partial charge in [0.05, 0.1) is 13.1 Å². The fourth-order valence-electron chi connectivity index (χ4n) is 3.19. The molecule has 0 aromatic heterocycles. The van der Waals surface area contributed by atoms with E-state index in [0.29, 0.717) is 11.5 Å². The Morgan fingerprint density at radius 2 is 1.68 bits per heavy atom. The highest BCUT2D eigenvalue weighted by Crippen LogP contribution is 2.31. The molecule has 0 unspecified atom stereocenters. The summed E-state index contributed by atoms with van der Waals surface area (Å²) in [7, 11) is 0. The van der Waals surface area contributed by atoms with Crippen LogP contribution in [-0.2, 0) is 9.59 Å². The summed E-state index contributed by atoms with van der Waals surface area (Å²) >= 11 is 0. The van der Waals surface area contributed by atoms with E-state index in [4.69, 9.17) is 9.84 Å². The number of aliphatic carboxylic acids is 1. The molecule has 2 aromatic rings. The maximum Gasteiger partial charge on any atom is 0.326 e. The first kappa shape index (κ1) is 22.1. The summed E-state index contributed by atoms with van der Waals surface area (Å²) in [6.45, 7) is -2.66. The van der Waals surface area contributed by atoms with Crippen molar-refractivity contribution in [3.63, 3.8) is 0 Å². The average molecular weight is 436 g/mol. The van der Waals surface area contributed by atoms with E-state index in [1.54, 1.807) is 0 Å². The van der Waals surface area contributed by atoms with Gasteiger partial charge in [0.1, 0.15) is 30.0 Å². The van der Waals surface area contributed by atoms with Crippen LogP contribution in [0.25, 0.3) is 0 Å². The highest BCUT2D eigenvalue weighted by Gasteiger charge is 2.49. The molecule has 1 heterocycles. The Kier molecular flexibility index (Phi) is 6.47. The molecule has 164 valence electrons. The van der Waals surface area contributed by atoms with Crippen molar-refractivity contribution in [2.24, 2.45) is 0 Å². The van der Waals surface area contributed by atoms with Crippen molar-refractivity contribution < 1.29 is 37.4 Å². The molecule has 0 bridgehead atoms. The number of carbonyl (C=O) groups excluding carboxylic acids is 2. The Morgan fingerprint density at radius 1 is 1.10 bits per heavy atom. The van der Waals surface area contributed by atoms with Gasteiger partial charge in [0.25, 0.3) is 5.91 Å². The summed E-state index contributed by atoms with van der Waals surface area (Å²) < 4.78 is 45.5. The van der Waals surface area contributed by atoms with Crippen LogP contribution in [0, 0.1) is 5.82 Å². The number of alkyl halides is 2. The third kappa shape index (κ3) is 5.33. The van der Waals surface area contributed by atoms with Crippen molar-refractivity contribution in [3.8, 4) is 11.5 Å². The van der Waals surface area contributed by atoms with Gasteiger partial charge in [-0.3, -0.25) is 9.59 Å². The number of carbonyl (C=O) groups is 3. The zero-order valence-corrected chi connectivity index (χ0v) is 16.2. The second kappa shape index (κ2) is 9.07. The molecule has 2 aromatic carbocycles. The lowest BCUT2D eigenvalue weighted by atomic mass is 10.0. The van der Waals surface area contributed by atoms with E-state index in [2.05, 4.69) is 5.32 Å². The van der Waals surface area contributed by atoms with Crippen LogP contribution in [0.1, 0.15) is 16.8 Å². The number of nitrogens with one attached hydrogen (secondary N) is 1. The van der Waals surface area contributed by atoms with Crippen LogP contribution in [0.3, 0.4) is 0 Å². The summed E-state index contributed by atoms with van der Waals surface area (Å²) in [6.07, 6.45) is -0.645. The molecule has 2 N–H and O–H groups in total. The van der Waals surface area contributed by atoms with Crippen LogP contribution in [0.15, 0.2) is 48.5 Å². The highest BCUT2D eigenvalue weighted by atomic mass is 19.2. The van der Waals surface area contributed by atoms with Crippen molar-refractivity contribution in [1.82, 2.24) is 10.2 Å². The second-order valence-corrected chi connectivity index (χ2v) is 7.13. The molecular weight excluding hydrogens is 417 g/mol. The highest BCUT2D eigenvalue weighted by molar-refractivity contribution is 5.97. The van der Waals surface area contributed by atoms with Gasteiger partial charge in [-0.05, 0) is 48.5 Å². The van der Waals surface area contributed by atoms with Crippen molar-refractivity contribution >= 4 is 17.8 Å². The zero-order chi connectivity index (χ0) is 22.6. The van der Waals surface area contributed by atoms with Gasteiger partial charge in [-0.1, -0.05) is 0 Å². The van der Waals surface area contributed by atoms with Gasteiger partial charge in [-0.2, -0.15) is 0 Å². The number of carboxylic acids is 1. The number of carboxylic acid groups (broad SMARTS) is 1. The van der Waals surface area contributed by atoms with Crippen LogP contribution in [0.2, 0.25) is 0 Å². The predicted octanol–water partition coefficient (Wildman–Crippen LogP) is 2.71. The predicted molar refractivity (Wildman–Crippen MR) is 103 cm³/mol. The van der Waals surface area contributed by atoms with Crippen LogP contribution >= 0.6 is 0 Å². The second-order valence-electron chi connectivity index (χ2n) is 7.13. The number of nitrogens with zero attached hydrogens (tertiary/aromatic N) is 1. The lowest BCUT2D eigenvalue weighted by Crippen LogP contribution is -2.46. The molecule has 3 rings (SSSR count). The van der Waals surface area contributed by atoms with E-state index in [9.17, 15) is 27.6 Å². The molecule has 1 aliphatic rings. The van der Waals surface area contributed by atoms with E-state index in [-0.39, 0.29) is 5.56 Å². The van der Waals surface area contributed by atoms with Gasteiger partial charge >= 0.3 is 5.97 Å². The Bertz CT molecular complexity index is 968. The standard InChI is InChI=1S/C21H19F3N2O5/c22-11-21(24)9-17(20(29)30)26(12-21)18(27)10-25-19(28)13-1-5-15(6-2-13)31-16-7-3-14(23)4-8-16/h1-8,17H,9-12H2,(H,25,28)(H,29,30)/t17-,21-/m0/s1.